The summed E-state index contributed by atoms with van der Waals surface area (Å²) in [6, 6.07) is 16.6. The van der Waals surface area contributed by atoms with Gasteiger partial charge in [-0.15, -0.1) is 0 Å². The Morgan fingerprint density at radius 3 is 2.43 bits per heavy atom. The topological polar surface area (TPSA) is 66.9 Å². The average Bonchev–Trinajstić information content (AvgIpc) is 3.20. The van der Waals surface area contributed by atoms with Gasteiger partial charge in [-0.2, -0.15) is 0 Å². The molecule has 0 spiro atoms. The second kappa shape index (κ2) is 6.37. The third kappa shape index (κ3) is 2.09. The Hall–Kier alpha value is -3.25. The summed E-state index contributed by atoms with van der Waals surface area (Å²) < 4.78 is 5.30. The lowest BCUT2D eigenvalue weighted by Gasteiger charge is -2.44. The molecule has 0 bridgehead atoms. The molecule has 152 valence electrons. The maximum Gasteiger partial charge on any atom is 0.331 e. The standard InChI is InChI=1S/C24H22N2O4/c1-14-13-26-20(17-12-8-7-11-16(14)17)18-19(22(28)25(2)21(18)27)24(26,23(29)30-3)15-9-5-4-6-10-15/h4-12,18-20H,1,13H2,2-3H3/t18-,19-,20+,24-/m1/s1. The number of rotatable bonds is 2. The van der Waals surface area contributed by atoms with E-state index in [-0.39, 0.29) is 11.8 Å². The van der Waals surface area contributed by atoms with Crippen LogP contribution in [0.1, 0.15) is 22.7 Å². The van der Waals surface area contributed by atoms with Gasteiger partial charge in [0.1, 0.15) is 0 Å². The van der Waals surface area contributed by atoms with Crippen molar-refractivity contribution in [2.24, 2.45) is 11.8 Å². The summed E-state index contributed by atoms with van der Waals surface area (Å²) in [7, 11) is 2.82. The van der Waals surface area contributed by atoms with Crippen molar-refractivity contribution < 1.29 is 19.1 Å². The summed E-state index contributed by atoms with van der Waals surface area (Å²) in [5.74, 6) is -2.68. The van der Waals surface area contributed by atoms with Gasteiger partial charge in [0.2, 0.25) is 11.8 Å². The molecule has 2 aromatic rings. The second-order valence-electron chi connectivity index (χ2n) is 8.13. The molecule has 2 amide bonds. The number of likely N-dealkylation sites (tertiary alicyclic amines) is 1. The third-order valence-corrected chi connectivity index (χ3v) is 6.88. The summed E-state index contributed by atoms with van der Waals surface area (Å²) in [6.45, 7) is 4.60. The van der Waals surface area contributed by atoms with E-state index in [4.69, 9.17) is 4.74 Å². The van der Waals surface area contributed by atoms with E-state index in [1.54, 1.807) is 0 Å². The number of hydrogen-bond donors (Lipinski definition) is 0. The summed E-state index contributed by atoms with van der Waals surface area (Å²) >= 11 is 0. The zero-order valence-corrected chi connectivity index (χ0v) is 16.9. The van der Waals surface area contributed by atoms with Crippen molar-refractivity contribution in [1.82, 2.24) is 9.80 Å². The lowest BCUT2D eigenvalue weighted by Crippen LogP contribution is -2.56. The van der Waals surface area contributed by atoms with Gasteiger partial charge >= 0.3 is 5.97 Å². The minimum absolute atomic E-state index is 0.260. The van der Waals surface area contributed by atoms with Gasteiger partial charge in [-0.05, 0) is 22.3 Å². The number of esters is 1. The van der Waals surface area contributed by atoms with Crippen molar-refractivity contribution in [2.75, 3.05) is 20.7 Å². The summed E-state index contributed by atoms with van der Waals surface area (Å²) in [6.07, 6.45) is 0. The molecule has 3 heterocycles. The number of nitrogens with zero attached hydrogens (tertiary/aromatic N) is 2. The summed E-state index contributed by atoms with van der Waals surface area (Å²) in [5, 5.41) is 0. The van der Waals surface area contributed by atoms with E-state index < -0.39 is 29.4 Å². The molecule has 3 aliphatic heterocycles. The van der Waals surface area contributed by atoms with Crippen molar-refractivity contribution >= 4 is 23.4 Å². The number of fused-ring (bicyclic) bond motifs is 5. The van der Waals surface area contributed by atoms with E-state index in [9.17, 15) is 14.4 Å². The molecule has 2 saturated heterocycles. The summed E-state index contributed by atoms with van der Waals surface area (Å²) in [4.78, 5) is 43.3. The van der Waals surface area contributed by atoms with Crippen LogP contribution in [0.2, 0.25) is 0 Å². The molecular weight excluding hydrogens is 380 g/mol. The fourth-order valence-electron chi connectivity index (χ4n) is 5.69. The quantitative estimate of drug-likeness (QED) is 0.570. The van der Waals surface area contributed by atoms with E-state index >= 15 is 0 Å². The van der Waals surface area contributed by atoms with Crippen molar-refractivity contribution in [3.8, 4) is 0 Å². The smallest absolute Gasteiger partial charge is 0.331 e. The Labute approximate surface area is 174 Å². The number of methoxy groups -OCH3 is 1. The molecule has 4 atom stereocenters. The van der Waals surface area contributed by atoms with Crippen LogP contribution in [0, 0.1) is 11.8 Å². The average molecular weight is 402 g/mol. The molecule has 0 unspecified atom stereocenters. The molecule has 0 aliphatic carbocycles. The molecule has 2 aromatic carbocycles. The highest BCUT2D eigenvalue weighted by molar-refractivity contribution is 6.10. The van der Waals surface area contributed by atoms with Gasteiger partial charge in [-0.25, -0.2) is 4.79 Å². The zero-order chi connectivity index (χ0) is 21.2. The highest BCUT2D eigenvalue weighted by atomic mass is 16.5. The fourth-order valence-corrected chi connectivity index (χ4v) is 5.69. The first kappa shape index (κ1) is 18.8. The predicted molar refractivity (Wildman–Crippen MR) is 110 cm³/mol. The van der Waals surface area contributed by atoms with Crippen LogP contribution >= 0.6 is 0 Å². The molecule has 0 aromatic heterocycles. The first-order valence-corrected chi connectivity index (χ1v) is 9.93. The molecule has 6 heteroatoms. The van der Waals surface area contributed by atoms with Crippen LogP contribution in [-0.4, -0.2) is 48.3 Å². The highest BCUT2D eigenvalue weighted by Crippen LogP contribution is 2.61. The van der Waals surface area contributed by atoms with E-state index in [0.29, 0.717) is 12.1 Å². The number of amides is 2. The van der Waals surface area contributed by atoms with Crippen molar-refractivity contribution in [3.63, 3.8) is 0 Å². The van der Waals surface area contributed by atoms with Gasteiger partial charge in [0, 0.05) is 19.6 Å². The number of imide groups is 1. The van der Waals surface area contributed by atoms with Gasteiger partial charge in [0.25, 0.3) is 0 Å². The lowest BCUT2D eigenvalue weighted by atomic mass is 9.75. The second-order valence-corrected chi connectivity index (χ2v) is 8.13. The number of benzene rings is 2. The maximum atomic E-state index is 13.5. The predicted octanol–water partition coefficient (Wildman–Crippen LogP) is 2.37. The van der Waals surface area contributed by atoms with E-state index in [2.05, 4.69) is 6.58 Å². The highest BCUT2D eigenvalue weighted by Gasteiger charge is 2.73. The van der Waals surface area contributed by atoms with Gasteiger partial charge < -0.3 is 4.74 Å². The SMILES string of the molecule is C=C1CN2[C@@H](c3ccccc31)[C@@H]1C(=O)N(C)C(=O)[C@@H]1[C@@]2(C(=O)OC)c1ccccc1. The first-order valence-electron chi connectivity index (χ1n) is 9.93. The van der Waals surface area contributed by atoms with Crippen LogP contribution in [0.5, 0.6) is 0 Å². The molecule has 0 saturated carbocycles. The molecule has 30 heavy (non-hydrogen) atoms. The molecule has 3 aliphatic rings. The maximum absolute atomic E-state index is 13.5. The number of ether oxygens (including phenoxy) is 1. The molecule has 0 radical (unpaired) electrons. The van der Waals surface area contributed by atoms with E-state index in [0.717, 1.165) is 16.7 Å². The van der Waals surface area contributed by atoms with E-state index in [1.807, 2.05) is 59.5 Å². The first-order chi connectivity index (χ1) is 14.4. The minimum atomic E-state index is -1.40. The molecule has 0 N–H and O–H groups in total. The fraction of sp³-hybridized carbons (Fsp3) is 0.292. The van der Waals surface area contributed by atoms with Gasteiger partial charge in [-0.3, -0.25) is 19.4 Å². The monoisotopic (exact) mass is 402 g/mol. The van der Waals surface area contributed by atoms with Crippen molar-refractivity contribution in [2.45, 2.75) is 11.6 Å². The Bertz CT molecular complexity index is 1100. The Morgan fingerprint density at radius 2 is 1.73 bits per heavy atom. The largest absolute Gasteiger partial charge is 0.467 e. The van der Waals surface area contributed by atoms with Gasteiger partial charge in [-0.1, -0.05) is 61.2 Å². The van der Waals surface area contributed by atoms with Crippen LogP contribution in [0.15, 0.2) is 61.2 Å². The number of hydrogen-bond acceptors (Lipinski definition) is 5. The molecule has 6 nitrogen and oxygen atoms in total. The van der Waals surface area contributed by atoms with Crippen LogP contribution in [0.3, 0.4) is 0 Å². The molecular formula is C24H22N2O4. The zero-order valence-electron chi connectivity index (χ0n) is 16.9. The Kier molecular flexibility index (Phi) is 3.98. The van der Waals surface area contributed by atoms with Gasteiger partial charge in [0.05, 0.1) is 18.9 Å². The lowest BCUT2D eigenvalue weighted by molar-refractivity contribution is -0.162. The van der Waals surface area contributed by atoms with E-state index in [1.165, 1.54) is 19.1 Å². The van der Waals surface area contributed by atoms with Crippen molar-refractivity contribution in [3.05, 3.63) is 77.9 Å². The third-order valence-electron chi connectivity index (χ3n) is 6.88. The summed E-state index contributed by atoms with van der Waals surface area (Å²) in [5.41, 5.74) is 1.99. The normalized spacial score (nSPS) is 30.1. The minimum Gasteiger partial charge on any atom is -0.467 e. The van der Waals surface area contributed by atoms with Crippen LogP contribution < -0.4 is 0 Å². The van der Waals surface area contributed by atoms with Gasteiger partial charge in [0.15, 0.2) is 5.54 Å². The molecule has 2 fully saturated rings. The van der Waals surface area contributed by atoms with Crippen LogP contribution in [-0.2, 0) is 24.7 Å². The molecule has 5 rings (SSSR count). The Balaban J connectivity index is 1.86. The Morgan fingerprint density at radius 1 is 1.07 bits per heavy atom. The number of carbonyl (C=O) groups is 3. The van der Waals surface area contributed by atoms with Crippen LogP contribution in [0.25, 0.3) is 5.57 Å². The number of carbonyl (C=O) groups excluding carboxylic acids is 3. The van der Waals surface area contributed by atoms with Crippen molar-refractivity contribution in [1.29, 1.82) is 0 Å². The van der Waals surface area contributed by atoms with Crippen LogP contribution in [0.4, 0.5) is 0 Å².